The second-order valence-corrected chi connectivity index (χ2v) is 11.9. The van der Waals surface area contributed by atoms with E-state index in [0.717, 1.165) is 22.6 Å². The monoisotopic (exact) mass is 633 g/mol. The SMILES string of the molecule is Cc1c2cc(n1C)-c1cc(Cl)ccc1C(=O)N1CCc3c(cccc3OCCOc3cccc(c3)N(c3ccc(O)cc3)C2=O)C1. The Hall–Kier alpha value is -5.21. The van der Waals surface area contributed by atoms with Crippen LogP contribution in [-0.4, -0.2) is 46.1 Å². The predicted octanol–water partition coefficient (Wildman–Crippen LogP) is 7.31. The predicted molar refractivity (Wildman–Crippen MR) is 177 cm³/mol. The molecule has 3 aliphatic rings. The summed E-state index contributed by atoms with van der Waals surface area (Å²) in [6, 6.07) is 26.9. The second kappa shape index (κ2) is 11.9. The molecular weight excluding hydrogens is 602 g/mol. The first-order chi connectivity index (χ1) is 22.3. The highest BCUT2D eigenvalue weighted by atomic mass is 35.5. The van der Waals surface area contributed by atoms with Crippen LogP contribution in [0.4, 0.5) is 11.4 Å². The number of carbonyl (C=O) groups excluding carboxylic acids is 2. The van der Waals surface area contributed by atoms with Gasteiger partial charge in [0.15, 0.2) is 0 Å². The van der Waals surface area contributed by atoms with Crippen molar-refractivity contribution in [2.75, 3.05) is 24.7 Å². The number of carbonyl (C=O) groups is 2. The molecule has 1 N–H and O–H groups in total. The van der Waals surface area contributed by atoms with Crippen LogP contribution in [0.1, 0.15) is 37.5 Å². The van der Waals surface area contributed by atoms with E-state index < -0.39 is 0 Å². The number of hydrogen-bond donors (Lipinski definition) is 1. The molecule has 3 aliphatic heterocycles. The lowest BCUT2D eigenvalue weighted by Gasteiger charge is -2.30. The molecule has 0 unspecified atom stereocenters. The van der Waals surface area contributed by atoms with Gasteiger partial charge < -0.3 is 24.0 Å². The van der Waals surface area contributed by atoms with E-state index in [1.54, 1.807) is 47.4 Å². The Kier molecular flexibility index (Phi) is 7.66. The van der Waals surface area contributed by atoms with Crippen LogP contribution in [0.15, 0.2) is 91.0 Å². The third kappa shape index (κ3) is 5.35. The van der Waals surface area contributed by atoms with Crippen molar-refractivity contribution in [3.05, 3.63) is 124 Å². The Bertz CT molecular complexity index is 1980. The van der Waals surface area contributed by atoms with Crippen LogP contribution in [0.25, 0.3) is 11.3 Å². The maximum atomic E-state index is 14.5. The summed E-state index contributed by atoms with van der Waals surface area (Å²) in [7, 11) is 1.88. The van der Waals surface area contributed by atoms with Crippen LogP contribution >= 0.6 is 11.6 Å². The van der Waals surface area contributed by atoms with Crippen molar-refractivity contribution in [2.24, 2.45) is 7.05 Å². The smallest absolute Gasteiger partial charge is 0.264 e. The second-order valence-electron chi connectivity index (χ2n) is 11.5. The normalized spacial score (nSPS) is 14.8. The molecule has 0 radical (unpaired) electrons. The van der Waals surface area contributed by atoms with Gasteiger partial charge in [-0.2, -0.15) is 0 Å². The van der Waals surface area contributed by atoms with Crippen LogP contribution in [0, 0.1) is 6.92 Å². The molecule has 2 amide bonds. The minimum atomic E-state index is -0.281. The summed E-state index contributed by atoms with van der Waals surface area (Å²) >= 11 is 6.52. The lowest BCUT2D eigenvalue weighted by atomic mass is 9.96. The molecule has 0 aliphatic carbocycles. The summed E-state index contributed by atoms with van der Waals surface area (Å²) in [5.41, 5.74) is 6.33. The largest absolute Gasteiger partial charge is 0.508 e. The number of phenolic OH excluding ortho intramolecular Hbond substituents is 1. The molecule has 9 heteroatoms. The molecule has 46 heavy (non-hydrogen) atoms. The summed E-state index contributed by atoms with van der Waals surface area (Å²) in [4.78, 5) is 32.1. The highest BCUT2D eigenvalue weighted by Gasteiger charge is 2.29. The van der Waals surface area contributed by atoms with Gasteiger partial charge in [-0.25, -0.2) is 0 Å². The minimum absolute atomic E-state index is 0.0913. The quantitative estimate of drug-likeness (QED) is 0.209. The number of aromatic hydroxyl groups is 1. The molecule has 0 saturated carbocycles. The van der Waals surface area contributed by atoms with Gasteiger partial charge in [0.2, 0.25) is 0 Å². The Morgan fingerprint density at radius 1 is 0.783 bits per heavy atom. The van der Waals surface area contributed by atoms with Crippen molar-refractivity contribution < 1.29 is 24.2 Å². The van der Waals surface area contributed by atoms with Crippen molar-refractivity contribution in [1.29, 1.82) is 0 Å². The van der Waals surface area contributed by atoms with Crippen LogP contribution < -0.4 is 14.4 Å². The molecule has 232 valence electrons. The minimum Gasteiger partial charge on any atom is -0.508 e. The zero-order valence-electron chi connectivity index (χ0n) is 25.5. The molecule has 0 spiro atoms. The van der Waals surface area contributed by atoms with Gasteiger partial charge in [0.1, 0.15) is 30.5 Å². The number of hydrogen-bond acceptors (Lipinski definition) is 5. The summed E-state index contributed by atoms with van der Waals surface area (Å²) in [6.45, 7) is 3.49. The summed E-state index contributed by atoms with van der Waals surface area (Å²) < 4.78 is 14.2. The molecule has 0 atom stereocenters. The number of fused-ring (bicyclic) bond motifs is 5. The van der Waals surface area contributed by atoms with Crippen molar-refractivity contribution in [1.82, 2.24) is 9.47 Å². The maximum Gasteiger partial charge on any atom is 0.264 e. The van der Waals surface area contributed by atoms with Gasteiger partial charge in [-0.15, -0.1) is 0 Å². The molecule has 4 heterocycles. The number of amides is 2. The van der Waals surface area contributed by atoms with Crippen molar-refractivity contribution in [3.63, 3.8) is 0 Å². The van der Waals surface area contributed by atoms with Gasteiger partial charge in [-0.3, -0.25) is 14.5 Å². The Labute approximate surface area is 272 Å². The van der Waals surface area contributed by atoms with E-state index >= 15 is 0 Å². The van der Waals surface area contributed by atoms with Crippen LogP contribution in [0.3, 0.4) is 0 Å². The number of phenols is 1. The Morgan fingerprint density at radius 3 is 2.39 bits per heavy atom. The van der Waals surface area contributed by atoms with E-state index in [-0.39, 0.29) is 17.6 Å². The number of nitrogens with zero attached hydrogens (tertiary/aromatic N) is 3. The number of ether oxygens (including phenoxy) is 2. The topological polar surface area (TPSA) is 84.2 Å². The number of anilines is 2. The van der Waals surface area contributed by atoms with Gasteiger partial charge in [-0.05, 0) is 85.6 Å². The van der Waals surface area contributed by atoms with Crippen LogP contribution in [0.5, 0.6) is 17.2 Å². The van der Waals surface area contributed by atoms with Crippen molar-refractivity contribution >= 4 is 34.8 Å². The van der Waals surface area contributed by atoms with Crippen molar-refractivity contribution in [2.45, 2.75) is 19.9 Å². The molecule has 5 aromatic rings. The highest BCUT2D eigenvalue weighted by molar-refractivity contribution is 6.31. The first-order valence-electron chi connectivity index (χ1n) is 15.1. The molecule has 8 nitrogen and oxygen atoms in total. The molecule has 8 bridgehead atoms. The Balaban J connectivity index is 1.40. The fourth-order valence-electron chi connectivity index (χ4n) is 6.27. The molecule has 1 aromatic heterocycles. The molecule has 8 rings (SSSR count). The van der Waals surface area contributed by atoms with Crippen LogP contribution in [0.2, 0.25) is 5.02 Å². The third-order valence-electron chi connectivity index (χ3n) is 8.76. The molecule has 0 saturated heterocycles. The summed E-state index contributed by atoms with van der Waals surface area (Å²) in [5, 5.41) is 10.5. The van der Waals surface area contributed by atoms with E-state index in [4.69, 9.17) is 21.1 Å². The number of aromatic nitrogens is 1. The lowest BCUT2D eigenvalue weighted by molar-refractivity contribution is 0.0734. The van der Waals surface area contributed by atoms with E-state index in [0.29, 0.717) is 77.3 Å². The maximum absolute atomic E-state index is 14.5. The number of rotatable bonds is 1. The zero-order chi connectivity index (χ0) is 31.9. The van der Waals surface area contributed by atoms with Gasteiger partial charge in [-0.1, -0.05) is 29.8 Å². The average Bonchev–Trinajstić information content (AvgIpc) is 3.36. The van der Waals surface area contributed by atoms with Crippen LogP contribution in [-0.2, 0) is 20.0 Å². The number of halogens is 1. The first kappa shape index (κ1) is 29.5. The first-order valence-corrected chi connectivity index (χ1v) is 15.5. The average molecular weight is 634 g/mol. The molecule has 4 aromatic carbocycles. The van der Waals surface area contributed by atoms with E-state index in [2.05, 4.69) is 0 Å². The van der Waals surface area contributed by atoms with Crippen molar-refractivity contribution in [3.8, 4) is 28.5 Å². The highest BCUT2D eigenvalue weighted by Crippen LogP contribution is 2.37. The molecule has 0 fully saturated rings. The fraction of sp³-hybridized carbons (Fsp3) is 0.189. The third-order valence-corrected chi connectivity index (χ3v) is 9.00. The Morgan fingerprint density at radius 2 is 1.57 bits per heavy atom. The summed E-state index contributed by atoms with van der Waals surface area (Å²) in [6.07, 6.45) is 0.665. The van der Waals surface area contributed by atoms with Gasteiger partial charge in [0.05, 0.1) is 11.3 Å². The zero-order valence-corrected chi connectivity index (χ0v) is 26.3. The van der Waals surface area contributed by atoms with Gasteiger partial charge in [0, 0.05) is 65.0 Å². The summed E-state index contributed by atoms with van der Waals surface area (Å²) in [5.74, 6) is 1.08. The fourth-order valence-corrected chi connectivity index (χ4v) is 6.44. The lowest BCUT2D eigenvalue weighted by Crippen LogP contribution is -2.36. The number of benzene rings is 4. The van der Waals surface area contributed by atoms with Gasteiger partial charge >= 0.3 is 0 Å². The van der Waals surface area contributed by atoms with E-state index in [1.807, 2.05) is 72.0 Å². The standard InChI is InChI=1S/C37H32ClN3O5/c1-23-32-21-34(39(23)2)33-19-25(38)9-14-31(33)36(43)40-16-15-30-24(22-40)5-3-8-35(30)46-18-17-45-29-7-4-6-27(20-29)41(37(32)44)26-10-12-28(42)13-11-26/h3-14,19-21,42H,15-18,22H2,1-2H3. The van der Waals surface area contributed by atoms with E-state index in [1.165, 1.54) is 0 Å². The molecular formula is C37H32ClN3O5. The van der Waals surface area contributed by atoms with Gasteiger partial charge in [0.25, 0.3) is 11.8 Å². The van der Waals surface area contributed by atoms with E-state index in [9.17, 15) is 14.7 Å².